The summed E-state index contributed by atoms with van der Waals surface area (Å²) in [6.07, 6.45) is 1.69. The van der Waals surface area contributed by atoms with Gasteiger partial charge in [0.05, 0.1) is 11.1 Å². The maximum Gasteiger partial charge on any atom is 0.343 e. The smallest absolute Gasteiger partial charge is 0.343 e. The van der Waals surface area contributed by atoms with Crippen molar-refractivity contribution in [1.82, 2.24) is 0 Å². The van der Waals surface area contributed by atoms with Crippen LogP contribution in [-0.2, 0) is 0 Å². The number of rotatable bonds is 3. The molecule has 0 radical (unpaired) electrons. The molecule has 0 saturated heterocycles. The third-order valence-electron chi connectivity index (χ3n) is 4.24. The molecule has 27 heavy (non-hydrogen) atoms. The highest BCUT2D eigenvalue weighted by Gasteiger charge is 2.28. The van der Waals surface area contributed by atoms with Crippen LogP contribution in [0.4, 0.5) is 0 Å². The van der Waals surface area contributed by atoms with Gasteiger partial charge in [0.1, 0.15) is 11.5 Å². The lowest BCUT2D eigenvalue weighted by molar-refractivity contribution is 0.0734. The van der Waals surface area contributed by atoms with E-state index in [1.54, 1.807) is 36.4 Å². The topological polar surface area (TPSA) is 52.6 Å². The summed E-state index contributed by atoms with van der Waals surface area (Å²) in [7, 11) is 0. The predicted molar refractivity (Wildman–Crippen MR) is 102 cm³/mol. The molecule has 4 nitrogen and oxygen atoms in total. The molecule has 0 saturated carbocycles. The second kappa shape index (κ2) is 6.92. The van der Waals surface area contributed by atoms with Gasteiger partial charge in [0.2, 0.25) is 5.78 Å². The Bertz CT molecular complexity index is 1050. The Balaban J connectivity index is 1.55. The van der Waals surface area contributed by atoms with E-state index in [1.165, 1.54) is 0 Å². The van der Waals surface area contributed by atoms with E-state index in [4.69, 9.17) is 9.47 Å². The minimum atomic E-state index is -0.459. The summed E-state index contributed by atoms with van der Waals surface area (Å²) in [5.41, 5.74) is 2.85. The van der Waals surface area contributed by atoms with Gasteiger partial charge in [-0.3, -0.25) is 4.79 Å². The first kappa shape index (κ1) is 16.8. The first-order valence-corrected chi connectivity index (χ1v) is 8.52. The van der Waals surface area contributed by atoms with Gasteiger partial charge in [-0.2, -0.15) is 0 Å². The van der Waals surface area contributed by atoms with Crippen LogP contribution in [0.3, 0.4) is 0 Å². The Morgan fingerprint density at radius 2 is 1.70 bits per heavy atom. The normalized spacial score (nSPS) is 14.0. The molecule has 0 atom stereocenters. The SMILES string of the molecule is Cc1ccc(C(=O)Oc2ccc3c(c2)OC(=Cc2ccccc2)C3=O)cc1. The van der Waals surface area contributed by atoms with Crippen molar-refractivity contribution in [2.24, 2.45) is 0 Å². The molecule has 0 spiro atoms. The second-order valence-corrected chi connectivity index (χ2v) is 6.26. The van der Waals surface area contributed by atoms with Gasteiger partial charge in [-0.15, -0.1) is 0 Å². The van der Waals surface area contributed by atoms with Crippen LogP contribution in [0.2, 0.25) is 0 Å². The van der Waals surface area contributed by atoms with Crippen LogP contribution in [0.1, 0.15) is 31.8 Å². The Morgan fingerprint density at radius 3 is 2.44 bits per heavy atom. The summed E-state index contributed by atoms with van der Waals surface area (Å²) in [5, 5.41) is 0. The number of allylic oxidation sites excluding steroid dienone is 1. The molecule has 3 aromatic carbocycles. The number of ether oxygens (including phenoxy) is 2. The number of carbonyl (C=O) groups excluding carboxylic acids is 2. The number of carbonyl (C=O) groups is 2. The van der Waals surface area contributed by atoms with Crippen LogP contribution in [0.15, 0.2) is 78.6 Å². The largest absolute Gasteiger partial charge is 0.452 e. The van der Waals surface area contributed by atoms with Crippen LogP contribution in [0.5, 0.6) is 11.5 Å². The van der Waals surface area contributed by atoms with Crippen LogP contribution in [-0.4, -0.2) is 11.8 Å². The van der Waals surface area contributed by atoms with Crippen molar-refractivity contribution in [3.8, 4) is 11.5 Å². The molecule has 1 aliphatic heterocycles. The summed E-state index contributed by atoms with van der Waals surface area (Å²) >= 11 is 0. The molecular weight excluding hydrogens is 340 g/mol. The summed E-state index contributed by atoms with van der Waals surface area (Å²) < 4.78 is 11.1. The van der Waals surface area contributed by atoms with Crippen molar-refractivity contribution < 1.29 is 19.1 Å². The summed E-state index contributed by atoms with van der Waals surface area (Å²) in [5.74, 6) is 0.312. The quantitative estimate of drug-likeness (QED) is 0.383. The fourth-order valence-corrected chi connectivity index (χ4v) is 2.79. The van der Waals surface area contributed by atoms with Gasteiger partial charge in [0, 0.05) is 6.07 Å². The standard InChI is InChI=1S/C23H16O4/c1-15-7-9-17(10-8-15)23(25)26-18-11-12-19-20(14-18)27-21(22(19)24)13-16-5-3-2-4-6-16/h2-14H,1H3. The van der Waals surface area contributed by atoms with Gasteiger partial charge >= 0.3 is 5.97 Å². The zero-order chi connectivity index (χ0) is 18.8. The Hall–Kier alpha value is -3.66. The molecule has 4 rings (SSSR count). The van der Waals surface area contributed by atoms with E-state index in [2.05, 4.69) is 0 Å². The van der Waals surface area contributed by atoms with Gasteiger partial charge in [-0.05, 0) is 42.8 Å². The van der Waals surface area contributed by atoms with Crippen LogP contribution in [0, 0.1) is 6.92 Å². The monoisotopic (exact) mass is 356 g/mol. The van der Waals surface area contributed by atoms with Gasteiger partial charge in [-0.1, -0.05) is 48.0 Å². The second-order valence-electron chi connectivity index (χ2n) is 6.26. The average molecular weight is 356 g/mol. The van der Waals surface area contributed by atoms with Crippen molar-refractivity contribution in [1.29, 1.82) is 0 Å². The lowest BCUT2D eigenvalue weighted by atomic mass is 10.1. The van der Waals surface area contributed by atoms with E-state index in [9.17, 15) is 9.59 Å². The number of ketones is 1. The summed E-state index contributed by atoms with van der Waals surface area (Å²) in [6, 6.07) is 21.4. The average Bonchev–Trinajstić information content (AvgIpc) is 2.98. The van der Waals surface area contributed by atoms with Gasteiger partial charge in [0.15, 0.2) is 5.76 Å². The van der Waals surface area contributed by atoms with Crippen molar-refractivity contribution in [2.45, 2.75) is 6.92 Å². The number of aryl methyl sites for hydroxylation is 1. The minimum absolute atomic E-state index is 0.190. The highest BCUT2D eigenvalue weighted by Crippen LogP contribution is 2.35. The fourth-order valence-electron chi connectivity index (χ4n) is 2.79. The molecule has 0 N–H and O–H groups in total. The van der Waals surface area contributed by atoms with Gasteiger partial charge in [0.25, 0.3) is 0 Å². The summed E-state index contributed by atoms with van der Waals surface area (Å²) in [6.45, 7) is 1.95. The van der Waals surface area contributed by atoms with E-state index in [0.717, 1.165) is 11.1 Å². The van der Waals surface area contributed by atoms with Crippen molar-refractivity contribution >= 4 is 17.8 Å². The number of Topliss-reactive ketones (excluding diaryl/α,β-unsaturated/α-hetero) is 1. The number of esters is 1. The van der Waals surface area contributed by atoms with Crippen molar-refractivity contribution in [3.63, 3.8) is 0 Å². The van der Waals surface area contributed by atoms with Crippen LogP contribution >= 0.6 is 0 Å². The Morgan fingerprint density at radius 1 is 0.963 bits per heavy atom. The summed E-state index contributed by atoms with van der Waals surface area (Å²) in [4.78, 5) is 24.7. The van der Waals surface area contributed by atoms with E-state index >= 15 is 0 Å². The first-order valence-electron chi connectivity index (χ1n) is 8.52. The molecule has 0 aromatic heterocycles. The molecule has 0 unspecified atom stereocenters. The Labute approximate surface area is 156 Å². The molecule has 0 fully saturated rings. The molecule has 4 heteroatoms. The zero-order valence-electron chi connectivity index (χ0n) is 14.6. The fraction of sp³-hybridized carbons (Fsp3) is 0.0435. The Kier molecular flexibility index (Phi) is 4.30. The molecule has 0 amide bonds. The van der Waals surface area contributed by atoms with E-state index in [1.807, 2.05) is 49.4 Å². The maximum atomic E-state index is 12.5. The van der Waals surface area contributed by atoms with E-state index in [0.29, 0.717) is 22.6 Å². The number of hydrogen-bond acceptors (Lipinski definition) is 4. The van der Waals surface area contributed by atoms with E-state index < -0.39 is 5.97 Å². The molecule has 1 aliphatic rings. The molecule has 0 aliphatic carbocycles. The third kappa shape index (κ3) is 3.51. The highest BCUT2D eigenvalue weighted by molar-refractivity contribution is 6.14. The van der Waals surface area contributed by atoms with Gasteiger partial charge in [-0.25, -0.2) is 4.79 Å². The third-order valence-corrected chi connectivity index (χ3v) is 4.24. The molecule has 132 valence electrons. The molecule has 1 heterocycles. The predicted octanol–water partition coefficient (Wildman–Crippen LogP) is 4.83. The molecule has 3 aromatic rings. The molecular formula is C23H16O4. The number of benzene rings is 3. The van der Waals surface area contributed by atoms with E-state index in [-0.39, 0.29) is 11.5 Å². The van der Waals surface area contributed by atoms with Crippen LogP contribution in [0.25, 0.3) is 6.08 Å². The first-order chi connectivity index (χ1) is 13.1. The highest BCUT2D eigenvalue weighted by atomic mass is 16.5. The van der Waals surface area contributed by atoms with Crippen molar-refractivity contribution in [3.05, 3.63) is 101 Å². The lowest BCUT2D eigenvalue weighted by Gasteiger charge is -2.06. The van der Waals surface area contributed by atoms with Crippen LogP contribution < -0.4 is 9.47 Å². The number of fused-ring (bicyclic) bond motifs is 1. The molecule has 0 bridgehead atoms. The minimum Gasteiger partial charge on any atom is -0.452 e. The van der Waals surface area contributed by atoms with Crippen molar-refractivity contribution in [2.75, 3.05) is 0 Å². The zero-order valence-corrected chi connectivity index (χ0v) is 14.6. The maximum absolute atomic E-state index is 12.5. The lowest BCUT2D eigenvalue weighted by Crippen LogP contribution is -2.08. The van der Waals surface area contributed by atoms with Gasteiger partial charge < -0.3 is 9.47 Å². The number of hydrogen-bond donors (Lipinski definition) is 0.